The first-order valence-electron chi connectivity index (χ1n) is 17.7. The third kappa shape index (κ3) is 19.6. The zero-order chi connectivity index (χ0) is 34.0. The summed E-state index contributed by atoms with van der Waals surface area (Å²) in [6.07, 6.45) is 14.4. The molecule has 1 fully saturated rings. The summed E-state index contributed by atoms with van der Waals surface area (Å²) in [7, 11) is 0. The second-order valence-corrected chi connectivity index (χ2v) is 12.4. The molecule has 0 bridgehead atoms. The highest BCUT2D eigenvalue weighted by molar-refractivity contribution is 5.73. The Morgan fingerprint density at radius 1 is 0.652 bits per heavy atom. The van der Waals surface area contributed by atoms with Gasteiger partial charge in [-0.15, -0.1) is 0 Å². The second-order valence-electron chi connectivity index (χ2n) is 12.4. The van der Waals surface area contributed by atoms with Crippen molar-refractivity contribution < 1.29 is 53.8 Å². The van der Waals surface area contributed by atoms with Crippen LogP contribution in [0.1, 0.15) is 142 Å². The van der Waals surface area contributed by atoms with Crippen molar-refractivity contribution in [3.05, 3.63) is 12.2 Å². The van der Waals surface area contributed by atoms with E-state index < -0.39 is 54.7 Å². The van der Waals surface area contributed by atoms with Gasteiger partial charge in [0.25, 0.3) is 0 Å². The number of aliphatic carboxylic acids is 1. The molecule has 6 atom stereocenters. The number of carbonyl (C=O) groups excluding carboxylic acids is 2. The third-order valence-corrected chi connectivity index (χ3v) is 8.10. The summed E-state index contributed by atoms with van der Waals surface area (Å²) in [5, 5.41) is 39.5. The lowest BCUT2D eigenvalue weighted by Crippen LogP contribution is -2.60. The van der Waals surface area contributed by atoms with Gasteiger partial charge in [0.15, 0.2) is 18.5 Å². The molecule has 1 heterocycles. The predicted molar refractivity (Wildman–Crippen MR) is 174 cm³/mol. The first kappa shape index (κ1) is 42.0. The number of ether oxygens (including phenoxy) is 4. The lowest BCUT2D eigenvalue weighted by Gasteiger charge is -2.38. The van der Waals surface area contributed by atoms with Gasteiger partial charge in [-0.2, -0.15) is 0 Å². The van der Waals surface area contributed by atoms with Gasteiger partial charge < -0.3 is 39.4 Å². The molecular formula is C35H62O11. The van der Waals surface area contributed by atoms with E-state index in [0.29, 0.717) is 12.8 Å². The minimum Gasteiger partial charge on any atom is -0.479 e. The summed E-state index contributed by atoms with van der Waals surface area (Å²) in [6.45, 7) is 3.68. The topological polar surface area (TPSA) is 169 Å². The number of aliphatic hydroxyl groups excluding tert-OH is 3. The molecule has 0 aliphatic carbocycles. The van der Waals surface area contributed by atoms with Crippen molar-refractivity contribution >= 4 is 17.9 Å². The van der Waals surface area contributed by atoms with Crippen LogP contribution >= 0.6 is 0 Å². The molecule has 0 aromatic rings. The lowest BCUT2D eigenvalue weighted by molar-refractivity contribution is -0.298. The molecule has 6 unspecified atom stereocenters. The van der Waals surface area contributed by atoms with E-state index in [4.69, 9.17) is 18.9 Å². The van der Waals surface area contributed by atoms with E-state index in [1.807, 2.05) is 0 Å². The van der Waals surface area contributed by atoms with Crippen LogP contribution in [0.25, 0.3) is 0 Å². The van der Waals surface area contributed by atoms with E-state index in [0.717, 1.165) is 64.2 Å². The second kappa shape index (κ2) is 27.0. The number of rotatable bonds is 28. The van der Waals surface area contributed by atoms with E-state index in [1.165, 1.54) is 38.5 Å². The highest BCUT2D eigenvalue weighted by atomic mass is 16.7. The predicted octanol–water partition coefficient (Wildman–Crippen LogP) is 5.75. The van der Waals surface area contributed by atoms with Crippen LogP contribution in [-0.4, -0.2) is 88.4 Å². The molecule has 1 saturated heterocycles. The average molecular weight is 659 g/mol. The Balaban J connectivity index is 2.50. The summed E-state index contributed by atoms with van der Waals surface area (Å²) in [4.78, 5) is 36.4. The van der Waals surface area contributed by atoms with Gasteiger partial charge in [0.1, 0.15) is 24.9 Å². The summed E-state index contributed by atoms with van der Waals surface area (Å²) in [5.74, 6) is -2.46. The van der Waals surface area contributed by atoms with Gasteiger partial charge in [-0.05, 0) is 32.1 Å². The first-order chi connectivity index (χ1) is 22.2. The van der Waals surface area contributed by atoms with Crippen molar-refractivity contribution in [3.8, 4) is 0 Å². The first-order valence-corrected chi connectivity index (χ1v) is 17.7. The molecule has 0 spiro atoms. The van der Waals surface area contributed by atoms with Crippen molar-refractivity contribution in [2.24, 2.45) is 0 Å². The number of carboxylic acids is 1. The zero-order valence-electron chi connectivity index (χ0n) is 28.3. The number of carboxylic acid groups (broad SMARTS) is 1. The molecule has 4 N–H and O–H groups in total. The number of unbranched alkanes of at least 4 members (excludes halogenated alkanes) is 15. The van der Waals surface area contributed by atoms with E-state index in [-0.39, 0.29) is 26.1 Å². The molecule has 0 amide bonds. The van der Waals surface area contributed by atoms with Gasteiger partial charge in [0.05, 0.1) is 6.61 Å². The van der Waals surface area contributed by atoms with Gasteiger partial charge in [-0.3, -0.25) is 9.59 Å². The van der Waals surface area contributed by atoms with Gasteiger partial charge in [0.2, 0.25) is 0 Å². The van der Waals surface area contributed by atoms with Crippen LogP contribution in [0.3, 0.4) is 0 Å². The van der Waals surface area contributed by atoms with Crippen molar-refractivity contribution in [1.29, 1.82) is 0 Å². The molecule has 46 heavy (non-hydrogen) atoms. The van der Waals surface area contributed by atoms with Gasteiger partial charge in [-0.25, -0.2) is 4.79 Å². The van der Waals surface area contributed by atoms with Crippen LogP contribution in [0.15, 0.2) is 12.2 Å². The normalized spacial score (nSPS) is 22.2. The molecule has 268 valence electrons. The quantitative estimate of drug-likeness (QED) is 0.0459. The van der Waals surface area contributed by atoms with Crippen LogP contribution in [0.4, 0.5) is 0 Å². The van der Waals surface area contributed by atoms with Crippen molar-refractivity contribution in [2.45, 2.75) is 179 Å². The Morgan fingerprint density at radius 2 is 1.20 bits per heavy atom. The summed E-state index contributed by atoms with van der Waals surface area (Å²) in [5.41, 5.74) is 0. The lowest BCUT2D eigenvalue weighted by atomic mass is 9.99. The van der Waals surface area contributed by atoms with Gasteiger partial charge >= 0.3 is 17.9 Å². The average Bonchev–Trinajstić information content (AvgIpc) is 3.03. The summed E-state index contributed by atoms with van der Waals surface area (Å²) >= 11 is 0. The standard InChI is InChI=1S/C35H62O11/c1-3-5-7-9-11-13-15-17-19-21-23-28(36)43-25-27(26-44-35-32(40)30(38)31(39)33(46-35)34(41)42)45-29(37)24-22-20-18-16-14-12-10-8-6-4-2/h7,9,27,30-33,35,38-40H,3-6,8,10-26H2,1-2H3,(H,41,42)/b9-7-. The maximum atomic E-state index is 12.6. The third-order valence-electron chi connectivity index (χ3n) is 8.10. The van der Waals surface area contributed by atoms with Crippen LogP contribution in [0.2, 0.25) is 0 Å². The summed E-state index contributed by atoms with van der Waals surface area (Å²) in [6, 6.07) is 0. The summed E-state index contributed by atoms with van der Waals surface area (Å²) < 4.78 is 21.5. The van der Waals surface area contributed by atoms with E-state index in [1.54, 1.807) is 0 Å². The van der Waals surface area contributed by atoms with Gasteiger partial charge in [-0.1, -0.05) is 109 Å². The maximum Gasteiger partial charge on any atom is 0.335 e. The SMILES string of the molecule is CCC/C=C\CCCCCCCC(=O)OCC(COC1OC(C(=O)O)C(O)C(O)C1O)OC(=O)CCCCCCCCCCCC. The smallest absolute Gasteiger partial charge is 0.335 e. The Bertz CT molecular complexity index is 833. The molecule has 0 saturated carbocycles. The number of aliphatic hydroxyl groups is 3. The number of hydrogen-bond acceptors (Lipinski definition) is 10. The fraction of sp³-hybridized carbons (Fsp3) is 0.857. The van der Waals surface area contributed by atoms with Crippen molar-refractivity contribution in [3.63, 3.8) is 0 Å². The molecule has 0 aromatic carbocycles. The molecule has 0 aromatic heterocycles. The van der Waals surface area contributed by atoms with Crippen LogP contribution in [0, 0.1) is 0 Å². The monoisotopic (exact) mass is 658 g/mol. The molecule has 11 nitrogen and oxygen atoms in total. The Kier molecular flexibility index (Phi) is 24.6. The van der Waals surface area contributed by atoms with Gasteiger partial charge in [0, 0.05) is 12.8 Å². The number of allylic oxidation sites excluding steroid dienone is 2. The van der Waals surface area contributed by atoms with E-state index in [2.05, 4.69) is 26.0 Å². The maximum absolute atomic E-state index is 12.6. The Labute approximate surface area is 276 Å². The van der Waals surface area contributed by atoms with Crippen molar-refractivity contribution in [1.82, 2.24) is 0 Å². The molecular weight excluding hydrogens is 596 g/mol. The number of hydrogen-bond donors (Lipinski definition) is 4. The minimum absolute atomic E-state index is 0.184. The largest absolute Gasteiger partial charge is 0.479 e. The Morgan fingerprint density at radius 3 is 1.78 bits per heavy atom. The molecule has 0 radical (unpaired) electrons. The van der Waals surface area contributed by atoms with Crippen LogP contribution in [-0.2, 0) is 33.3 Å². The fourth-order valence-electron chi connectivity index (χ4n) is 5.23. The van der Waals surface area contributed by atoms with Crippen molar-refractivity contribution in [2.75, 3.05) is 13.2 Å². The van der Waals surface area contributed by atoms with E-state index in [9.17, 15) is 34.8 Å². The molecule has 1 rings (SSSR count). The Hall–Kier alpha value is -2.05. The molecule has 11 heteroatoms. The number of esters is 2. The number of carbonyl (C=O) groups is 3. The zero-order valence-corrected chi connectivity index (χ0v) is 28.3. The highest BCUT2D eigenvalue weighted by Gasteiger charge is 2.47. The van der Waals surface area contributed by atoms with Crippen LogP contribution < -0.4 is 0 Å². The molecule has 1 aliphatic rings. The van der Waals surface area contributed by atoms with E-state index >= 15 is 0 Å². The minimum atomic E-state index is -1.86. The van der Waals surface area contributed by atoms with Crippen LogP contribution in [0.5, 0.6) is 0 Å². The molecule has 1 aliphatic heterocycles. The fourth-order valence-corrected chi connectivity index (χ4v) is 5.23. The highest BCUT2D eigenvalue weighted by Crippen LogP contribution is 2.23.